The van der Waals surface area contributed by atoms with E-state index in [4.69, 9.17) is 9.47 Å². The number of carbonyl (C=O) groups excluding carboxylic acids is 2. The first-order valence-corrected chi connectivity index (χ1v) is 10.9. The fraction of sp³-hybridized carbons (Fsp3) is 0.500. The van der Waals surface area contributed by atoms with Crippen LogP contribution in [0.1, 0.15) is 50.5 Å². The Kier molecular flexibility index (Phi) is 6.90. The molecule has 2 aromatic rings. The molecule has 1 amide bonds. The number of hydrogen-bond donors (Lipinski definition) is 1. The Hall–Kier alpha value is -2.41. The first-order chi connectivity index (χ1) is 13.9. The van der Waals surface area contributed by atoms with Crippen molar-refractivity contribution in [2.75, 3.05) is 7.11 Å². The number of methoxy groups -OCH3 is 1. The Morgan fingerprint density at radius 1 is 1.21 bits per heavy atom. The number of carbonyl (C=O) groups is 2. The van der Waals surface area contributed by atoms with Gasteiger partial charge < -0.3 is 14.8 Å². The molecule has 1 aliphatic rings. The van der Waals surface area contributed by atoms with E-state index in [1.54, 1.807) is 19.4 Å². The van der Waals surface area contributed by atoms with Crippen molar-refractivity contribution in [3.05, 3.63) is 35.3 Å². The van der Waals surface area contributed by atoms with Gasteiger partial charge in [0, 0.05) is 17.0 Å². The zero-order chi connectivity index (χ0) is 21.0. The second kappa shape index (κ2) is 9.39. The van der Waals surface area contributed by atoms with Gasteiger partial charge in [-0.2, -0.15) is 0 Å². The van der Waals surface area contributed by atoms with E-state index < -0.39 is 12.1 Å². The summed E-state index contributed by atoms with van der Waals surface area (Å²) in [6.07, 6.45) is 2.41. The third kappa shape index (κ3) is 5.15. The van der Waals surface area contributed by atoms with Crippen LogP contribution in [0.5, 0.6) is 5.75 Å². The summed E-state index contributed by atoms with van der Waals surface area (Å²) >= 11 is 1.36. The number of nitrogens with zero attached hydrogens (tertiary/aromatic N) is 1. The summed E-state index contributed by atoms with van der Waals surface area (Å²) in [6.45, 7) is 5.98. The second-order valence-electron chi connectivity index (χ2n) is 7.70. The summed E-state index contributed by atoms with van der Waals surface area (Å²) in [6, 6.07) is 7.58. The van der Waals surface area contributed by atoms with E-state index in [0.717, 1.165) is 24.2 Å². The van der Waals surface area contributed by atoms with E-state index in [0.29, 0.717) is 16.8 Å². The smallest absolute Gasteiger partial charge is 0.358 e. The van der Waals surface area contributed by atoms with Crippen LogP contribution in [0.4, 0.5) is 0 Å². The number of aromatic nitrogens is 1. The van der Waals surface area contributed by atoms with Crippen LogP contribution in [0.25, 0.3) is 10.6 Å². The molecular formula is C22H28N2O4S. The molecule has 7 heteroatoms. The summed E-state index contributed by atoms with van der Waals surface area (Å²) in [7, 11) is 1.61. The molecule has 1 aliphatic carbocycles. The molecule has 1 saturated carbocycles. The van der Waals surface area contributed by atoms with Gasteiger partial charge in [0.15, 0.2) is 11.8 Å². The van der Waals surface area contributed by atoms with Crippen molar-refractivity contribution in [2.24, 2.45) is 11.8 Å². The standard InChI is InChI=1S/C22H28N2O4S/c1-13-6-5-7-18(14(13)2)23-20(25)15(3)28-22(26)19-12-29-21(24-19)16-8-10-17(27-4)11-9-16/h8-15,18H,5-7H2,1-4H3,(H,23,25)/t13-,14+,15+,18-/m0/s1. The zero-order valence-electron chi connectivity index (χ0n) is 17.3. The molecule has 0 radical (unpaired) electrons. The lowest BCUT2D eigenvalue weighted by Crippen LogP contribution is -2.47. The van der Waals surface area contributed by atoms with Crippen molar-refractivity contribution in [1.29, 1.82) is 0 Å². The van der Waals surface area contributed by atoms with Crippen LogP contribution in [0.15, 0.2) is 29.6 Å². The molecule has 0 spiro atoms. The molecular weight excluding hydrogens is 388 g/mol. The van der Waals surface area contributed by atoms with Crippen molar-refractivity contribution < 1.29 is 19.1 Å². The maximum Gasteiger partial charge on any atom is 0.358 e. The molecule has 156 valence electrons. The van der Waals surface area contributed by atoms with Gasteiger partial charge in [0.1, 0.15) is 10.8 Å². The first kappa shape index (κ1) is 21.3. The molecule has 1 heterocycles. The van der Waals surface area contributed by atoms with Crippen LogP contribution < -0.4 is 10.1 Å². The molecule has 0 aliphatic heterocycles. The summed E-state index contributed by atoms with van der Waals surface area (Å²) in [5.74, 6) is 0.912. The van der Waals surface area contributed by atoms with Gasteiger partial charge in [-0.25, -0.2) is 9.78 Å². The van der Waals surface area contributed by atoms with Crippen LogP contribution in [0.2, 0.25) is 0 Å². The first-order valence-electron chi connectivity index (χ1n) is 10.0. The van der Waals surface area contributed by atoms with Gasteiger partial charge >= 0.3 is 5.97 Å². The third-order valence-electron chi connectivity index (χ3n) is 5.74. The third-order valence-corrected chi connectivity index (χ3v) is 6.63. The molecule has 3 rings (SSSR count). The van der Waals surface area contributed by atoms with Crippen LogP contribution >= 0.6 is 11.3 Å². The highest BCUT2D eigenvalue weighted by Gasteiger charge is 2.30. The highest BCUT2D eigenvalue weighted by atomic mass is 32.1. The lowest BCUT2D eigenvalue weighted by Gasteiger charge is -2.35. The van der Waals surface area contributed by atoms with Crippen LogP contribution in [-0.2, 0) is 9.53 Å². The highest BCUT2D eigenvalue weighted by molar-refractivity contribution is 7.13. The molecule has 0 unspecified atom stereocenters. The van der Waals surface area contributed by atoms with Gasteiger partial charge in [-0.3, -0.25) is 4.79 Å². The molecule has 6 nitrogen and oxygen atoms in total. The SMILES string of the molecule is COc1ccc(-c2nc(C(=O)O[C@H](C)C(=O)N[C@H]3CCC[C@H](C)[C@H]3C)cs2)cc1. The summed E-state index contributed by atoms with van der Waals surface area (Å²) in [4.78, 5) is 29.3. The quantitative estimate of drug-likeness (QED) is 0.710. The second-order valence-corrected chi connectivity index (χ2v) is 8.55. The number of nitrogens with one attached hydrogen (secondary N) is 1. The number of esters is 1. The van der Waals surface area contributed by atoms with Crippen molar-refractivity contribution >= 4 is 23.2 Å². The predicted molar refractivity (Wildman–Crippen MR) is 113 cm³/mol. The van der Waals surface area contributed by atoms with E-state index in [2.05, 4.69) is 24.1 Å². The van der Waals surface area contributed by atoms with E-state index in [1.807, 2.05) is 24.3 Å². The molecule has 29 heavy (non-hydrogen) atoms. The normalized spacial score (nSPS) is 22.6. The summed E-state index contributed by atoms with van der Waals surface area (Å²) in [5.41, 5.74) is 1.10. The fourth-order valence-corrected chi connectivity index (χ4v) is 4.39. The monoisotopic (exact) mass is 416 g/mol. The van der Waals surface area contributed by atoms with Crippen molar-refractivity contribution in [3.63, 3.8) is 0 Å². The molecule has 0 bridgehead atoms. The minimum Gasteiger partial charge on any atom is -0.497 e. The minimum absolute atomic E-state index is 0.133. The zero-order valence-corrected chi connectivity index (χ0v) is 18.1. The number of hydrogen-bond acceptors (Lipinski definition) is 6. The number of benzene rings is 1. The maximum atomic E-state index is 12.5. The molecule has 1 aromatic heterocycles. The van der Waals surface area contributed by atoms with Gasteiger partial charge in [-0.05, 0) is 49.4 Å². The van der Waals surface area contributed by atoms with Gasteiger partial charge in [-0.1, -0.05) is 26.7 Å². The minimum atomic E-state index is -0.863. The van der Waals surface area contributed by atoms with E-state index in [9.17, 15) is 9.59 Å². The van der Waals surface area contributed by atoms with Gasteiger partial charge in [-0.15, -0.1) is 11.3 Å². The van der Waals surface area contributed by atoms with Crippen LogP contribution in [0, 0.1) is 11.8 Å². The Labute approximate surface area is 175 Å². The Morgan fingerprint density at radius 2 is 1.93 bits per heavy atom. The molecule has 1 N–H and O–H groups in total. The number of rotatable bonds is 6. The van der Waals surface area contributed by atoms with Gasteiger partial charge in [0.2, 0.25) is 0 Å². The maximum absolute atomic E-state index is 12.5. The number of amides is 1. The highest BCUT2D eigenvalue weighted by Crippen LogP contribution is 2.30. The molecule has 1 fully saturated rings. The van der Waals surface area contributed by atoms with Crippen molar-refractivity contribution in [1.82, 2.24) is 10.3 Å². The molecule has 0 saturated heterocycles. The average molecular weight is 417 g/mol. The van der Waals surface area contributed by atoms with Gasteiger partial charge in [0.05, 0.1) is 7.11 Å². The summed E-state index contributed by atoms with van der Waals surface area (Å²) in [5, 5.41) is 5.41. The average Bonchev–Trinajstić information content (AvgIpc) is 3.22. The number of thiazole rings is 1. The Bertz CT molecular complexity index is 849. The molecule has 1 aromatic carbocycles. The van der Waals surface area contributed by atoms with E-state index >= 15 is 0 Å². The lowest BCUT2D eigenvalue weighted by atomic mass is 9.78. The summed E-state index contributed by atoms with van der Waals surface area (Å²) < 4.78 is 10.5. The Balaban J connectivity index is 1.58. The lowest BCUT2D eigenvalue weighted by molar-refractivity contribution is -0.130. The van der Waals surface area contributed by atoms with Crippen molar-refractivity contribution in [3.8, 4) is 16.3 Å². The van der Waals surface area contributed by atoms with Crippen LogP contribution in [0.3, 0.4) is 0 Å². The Morgan fingerprint density at radius 3 is 2.62 bits per heavy atom. The fourth-order valence-electron chi connectivity index (χ4n) is 3.59. The van der Waals surface area contributed by atoms with Crippen molar-refractivity contribution in [2.45, 2.75) is 52.2 Å². The van der Waals surface area contributed by atoms with E-state index in [-0.39, 0.29) is 17.6 Å². The largest absolute Gasteiger partial charge is 0.497 e. The topological polar surface area (TPSA) is 77.5 Å². The van der Waals surface area contributed by atoms with Crippen LogP contribution in [-0.4, -0.2) is 36.1 Å². The van der Waals surface area contributed by atoms with E-state index in [1.165, 1.54) is 17.8 Å². The number of ether oxygens (including phenoxy) is 2. The molecule has 4 atom stereocenters. The van der Waals surface area contributed by atoms with Gasteiger partial charge in [0.25, 0.3) is 5.91 Å². The predicted octanol–water partition coefficient (Wildman–Crippen LogP) is 4.30.